The van der Waals surface area contributed by atoms with Gasteiger partial charge < -0.3 is 10.1 Å². The lowest BCUT2D eigenvalue weighted by molar-refractivity contribution is 0.289. The van der Waals surface area contributed by atoms with Gasteiger partial charge in [-0.15, -0.1) is 11.3 Å². The van der Waals surface area contributed by atoms with E-state index in [0.717, 1.165) is 18.2 Å². The van der Waals surface area contributed by atoms with Crippen LogP contribution in [-0.2, 0) is 13.2 Å². The molecule has 21 heavy (non-hydrogen) atoms. The molecule has 3 rings (SSSR count). The SMILES string of the molecule is Cc1sc(CNC2CC2)cc1COc1ccc(F)cc1F. The van der Waals surface area contributed by atoms with Gasteiger partial charge in [0.15, 0.2) is 11.6 Å². The van der Waals surface area contributed by atoms with Crippen LogP contribution in [0.2, 0.25) is 0 Å². The van der Waals surface area contributed by atoms with Crippen molar-refractivity contribution in [3.8, 4) is 5.75 Å². The van der Waals surface area contributed by atoms with Crippen molar-refractivity contribution in [1.29, 1.82) is 0 Å². The third-order valence-electron chi connectivity index (χ3n) is 3.49. The van der Waals surface area contributed by atoms with Gasteiger partial charge in [0.05, 0.1) is 0 Å². The largest absolute Gasteiger partial charge is 0.486 e. The third kappa shape index (κ3) is 3.80. The molecule has 5 heteroatoms. The Kier molecular flexibility index (Phi) is 4.22. The summed E-state index contributed by atoms with van der Waals surface area (Å²) in [4.78, 5) is 2.43. The number of rotatable bonds is 6. The number of thiophene rings is 1. The number of ether oxygens (including phenoxy) is 1. The van der Waals surface area contributed by atoms with Crippen molar-refractivity contribution in [3.63, 3.8) is 0 Å². The van der Waals surface area contributed by atoms with E-state index in [1.807, 2.05) is 6.92 Å². The molecular formula is C16H17F2NOS. The van der Waals surface area contributed by atoms with Gasteiger partial charge in [-0.3, -0.25) is 0 Å². The highest BCUT2D eigenvalue weighted by molar-refractivity contribution is 7.12. The Bertz CT molecular complexity index is 637. The van der Waals surface area contributed by atoms with Crippen LogP contribution in [0.5, 0.6) is 5.75 Å². The molecule has 0 atom stereocenters. The summed E-state index contributed by atoms with van der Waals surface area (Å²) in [6.45, 7) is 3.21. The van der Waals surface area contributed by atoms with Crippen LogP contribution in [0.4, 0.5) is 8.78 Å². The van der Waals surface area contributed by atoms with Crippen LogP contribution in [0.15, 0.2) is 24.3 Å². The van der Waals surface area contributed by atoms with Crippen LogP contribution >= 0.6 is 11.3 Å². The quantitative estimate of drug-likeness (QED) is 0.865. The van der Waals surface area contributed by atoms with E-state index in [1.165, 1.54) is 34.7 Å². The van der Waals surface area contributed by atoms with E-state index in [9.17, 15) is 8.78 Å². The Balaban J connectivity index is 1.61. The molecule has 1 aromatic carbocycles. The third-order valence-corrected chi connectivity index (χ3v) is 4.58. The molecule has 0 saturated heterocycles. The maximum absolute atomic E-state index is 13.5. The molecule has 0 radical (unpaired) electrons. The van der Waals surface area contributed by atoms with E-state index in [1.54, 1.807) is 11.3 Å². The monoisotopic (exact) mass is 309 g/mol. The normalized spacial score (nSPS) is 14.4. The van der Waals surface area contributed by atoms with E-state index >= 15 is 0 Å². The molecule has 0 aliphatic heterocycles. The van der Waals surface area contributed by atoms with Gasteiger partial charge in [0.25, 0.3) is 0 Å². The summed E-state index contributed by atoms with van der Waals surface area (Å²) in [6.07, 6.45) is 2.54. The first-order valence-electron chi connectivity index (χ1n) is 7.01. The van der Waals surface area contributed by atoms with E-state index in [0.29, 0.717) is 12.6 Å². The first-order chi connectivity index (χ1) is 10.1. The Hall–Kier alpha value is -1.46. The minimum atomic E-state index is -0.668. The number of aryl methyl sites for hydroxylation is 1. The highest BCUT2D eigenvalue weighted by Gasteiger charge is 2.20. The van der Waals surface area contributed by atoms with E-state index in [4.69, 9.17) is 4.74 Å². The summed E-state index contributed by atoms with van der Waals surface area (Å²) in [6, 6.07) is 6.13. The average Bonchev–Trinajstić information content (AvgIpc) is 3.20. The maximum Gasteiger partial charge on any atom is 0.167 e. The van der Waals surface area contributed by atoms with Gasteiger partial charge in [-0.1, -0.05) is 0 Å². The molecule has 2 nitrogen and oxygen atoms in total. The van der Waals surface area contributed by atoms with Gasteiger partial charge >= 0.3 is 0 Å². The van der Waals surface area contributed by atoms with Crippen LogP contribution in [0.3, 0.4) is 0 Å². The molecule has 0 unspecified atom stereocenters. The molecule has 1 aromatic heterocycles. The average molecular weight is 309 g/mol. The molecule has 1 aliphatic rings. The molecule has 1 saturated carbocycles. The van der Waals surface area contributed by atoms with Crippen LogP contribution in [0.1, 0.15) is 28.2 Å². The number of hydrogen-bond acceptors (Lipinski definition) is 3. The van der Waals surface area contributed by atoms with Gasteiger partial charge in [0, 0.05) is 34.0 Å². The van der Waals surface area contributed by atoms with Crippen LogP contribution < -0.4 is 10.1 Å². The fourth-order valence-corrected chi connectivity index (χ4v) is 3.10. The maximum atomic E-state index is 13.5. The van der Waals surface area contributed by atoms with E-state index in [-0.39, 0.29) is 5.75 Å². The molecule has 112 valence electrons. The molecule has 2 aromatic rings. The Labute approximate surface area is 126 Å². The summed E-state index contributed by atoms with van der Waals surface area (Å²) in [5.41, 5.74) is 1.05. The lowest BCUT2D eigenvalue weighted by atomic mass is 10.2. The molecule has 1 N–H and O–H groups in total. The first-order valence-corrected chi connectivity index (χ1v) is 7.83. The minimum Gasteiger partial charge on any atom is -0.486 e. The zero-order chi connectivity index (χ0) is 14.8. The summed E-state index contributed by atoms with van der Waals surface area (Å²) in [7, 11) is 0. The van der Waals surface area contributed by atoms with Crippen molar-refractivity contribution in [2.45, 2.75) is 39.0 Å². The van der Waals surface area contributed by atoms with E-state index in [2.05, 4.69) is 11.4 Å². The summed E-state index contributed by atoms with van der Waals surface area (Å²) >= 11 is 1.73. The van der Waals surface area contributed by atoms with Crippen LogP contribution in [-0.4, -0.2) is 6.04 Å². The number of nitrogens with one attached hydrogen (secondary N) is 1. The van der Waals surface area contributed by atoms with Crippen molar-refractivity contribution < 1.29 is 13.5 Å². The fourth-order valence-electron chi connectivity index (χ4n) is 2.10. The van der Waals surface area contributed by atoms with Crippen LogP contribution in [0.25, 0.3) is 0 Å². The van der Waals surface area contributed by atoms with E-state index < -0.39 is 11.6 Å². The Morgan fingerprint density at radius 2 is 2.10 bits per heavy atom. The van der Waals surface area contributed by atoms with Gasteiger partial charge in [0.2, 0.25) is 0 Å². The standard InChI is InChI=1S/C16H17F2NOS/c1-10-11(6-14(21-10)8-19-13-3-4-13)9-20-16-5-2-12(17)7-15(16)18/h2,5-7,13,19H,3-4,8-9H2,1H3. The first kappa shape index (κ1) is 14.5. The molecule has 1 fully saturated rings. The Morgan fingerprint density at radius 1 is 1.29 bits per heavy atom. The van der Waals surface area contributed by atoms with Crippen molar-refractivity contribution in [3.05, 3.63) is 51.2 Å². The number of hydrogen-bond donors (Lipinski definition) is 1. The van der Waals surface area contributed by atoms with Crippen molar-refractivity contribution in [2.24, 2.45) is 0 Å². The molecule has 0 bridgehead atoms. The number of halogens is 2. The van der Waals surface area contributed by atoms with Crippen molar-refractivity contribution >= 4 is 11.3 Å². The second kappa shape index (κ2) is 6.12. The Morgan fingerprint density at radius 3 is 2.81 bits per heavy atom. The summed E-state index contributed by atoms with van der Waals surface area (Å²) in [5.74, 6) is -1.18. The minimum absolute atomic E-state index is 0.0830. The molecular weight excluding hydrogens is 292 g/mol. The van der Waals surface area contributed by atoms with Crippen molar-refractivity contribution in [1.82, 2.24) is 5.32 Å². The lowest BCUT2D eigenvalue weighted by Crippen LogP contribution is -2.14. The van der Waals surface area contributed by atoms with Gasteiger partial charge in [-0.25, -0.2) is 8.78 Å². The smallest absolute Gasteiger partial charge is 0.167 e. The van der Waals surface area contributed by atoms with Crippen molar-refractivity contribution in [2.75, 3.05) is 0 Å². The predicted molar refractivity (Wildman–Crippen MR) is 79.6 cm³/mol. The molecule has 1 heterocycles. The lowest BCUT2D eigenvalue weighted by Gasteiger charge is -2.06. The second-order valence-corrected chi connectivity index (χ2v) is 6.65. The topological polar surface area (TPSA) is 21.3 Å². The van der Waals surface area contributed by atoms with Gasteiger partial charge in [0.1, 0.15) is 12.4 Å². The van der Waals surface area contributed by atoms with Crippen LogP contribution in [0, 0.1) is 18.6 Å². The summed E-state index contributed by atoms with van der Waals surface area (Å²) < 4.78 is 31.8. The van der Waals surface area contributed by atoms with Gasteiger partial charge in [-0.2, -0.15) is 0 Å². The molecule has 0 amide bonds. The second-order valence-electron chi connectivity index (χ2n) is 5.31. The van der Waals surface area contributed by atoms with Gasteiger partial charge in [-0.05, 0) is 38.0 Å². The predicted octanol–water partition coefficient (Wildman–Crippen LogP) is 4.17. The highest BCUT2D eigenvalue weighted by atomic mass is 32.1. The molecule has 0 spiro atoms. The number of benzene rings is 1. The molecule has 1 aliphatic carbocycles. The highest BCUT2D eigenvalue weighted by Crippen LogP contribution is 2.26. The zero-order valence-electron chi connectivity index (χ0n) is 11.8. The fraction of sp³-hybridized carbons (Fsp3) is 0.375. The zero-order valence-corrected chi connectivity index (χ0v) is 12.6. The summed E-state index contributed by atoms with van der Waals surface area (Å²) in [5, 5.41) is 3.47.